The van der Waals surface area contributed by atoms with Crippen molar-refractivity contribution in [3.63, 3.8) is 0 Å². The number of hydrogen-bond donors (Lipinski definition) is 5. The third-order valence-electron chi connectivity index (χ3n) is 6.07. The summed E-state index contributed by atoms with van der Waals surface area (Å²) < 4.78 is 26.7. The number of halogens is 2. The molecule has 198 valence electrons. The van der Waals surface area contributed by atoms with Crippen LogP contribution in [-0.4, -0.2) is 50.5 Å². The summed E-state index contributed by atoms with van der Waals surface area (Å²) in [6, 6.07) is 8.29. The number of carbonyl (C=O) groups excluding carboxylic acids is 3. The summed E-state index contributed by atoms with van der Waals surface area (Å²) in [6.07, 6.45) is 7.78. The minimum atomic E-state index is -1.37. The molecule has 3 heterocycles. The van der Waals surface area contributed by atoms with Crippen LogP contribution >= 0.6 is 0 Å². The van der Waals surface area contributed by atoms with E-state index in [9.17, 15) is 28.3 Å². The van der Waals surface area contributed by atoms with E-state index in [1.165, 1.54) is 35.6 Å². The molecule has 2 aromatic carbocycles. The summed E-state index contributed by atoms with van der Waals surface area (Å²) in [5, 5.41) is 18.5. The Hall–Kier alpha value is -5.10. The number of nitrogens with one attached hydrogen (secondary N) is 4. The summed E-state index contributed by atoms with van der Waals surface area (Å²) in [6.45, 7) is -0.368. The minimum absolute atomic E-state index is 0.0203. The lowest BCUT2D eigenvalue weighted by Crippen LogP contribution is -2.42. The molecule has 5 N–H and O–H groups in total. The second-order valence-electron chi connectivity index (χ2n) is 8.77. The van der Waals surface area contributed by atoms with Crippen LogP contribution in [0.25, 0.3) is 11.6 Å². The van der Waals surface area contributed by atoms with Crippen LogP contribution in [-0.2, 0) is 20.9 Å². The third-order valence-corrected chi connectivity index (χ3v) is 6.07. The van der Waals surface area contributed by atoms with E-state index in [2.05, 4.69) is 25.9 Å². The molecule has 0 radical (unpaired) electrons. The maximum atomic E-state index is 13.5. The zero-order valence-corrected chi connectivity index (χ0v) is 20.2. The van der Waals surface area contributed by atoms with Gasteiger partial charge in [-0.25, -0.2) is 13.8 Å². The van der Waals surface area contributed by atoms with E-state index >= 15 is 0 Å². The Balaban J connectivity index is 1.19. The number of H-pyrrole nitrogens is 1. The van der Waals surface area contributed by atoms with Crippen molar-refractivity contribution >= 4 is 40.7 Å². The van der Waals surface area contributed by atoms with Crippen molar-refractivity contribution in [1.29, 1.82) is 0 Å². The third kappa shape index (κ3) is 5.60. The molecule has 3 aromatic rings. The molecule has 1 atom stereocenters. The Bertz CT molecular complexity index is 1550. The van der Waals surface area contributed by atoms with Gasteiger partial charge in [-0.3, -0.25) is 14.4 Å². The number of hydrogen-bond acceptors (Lipinski definition) is 6. The normalized spacial score (nSPS) is 17.1. The van der Waals surface area contributed by atoms with E-state index in [4.69, 9.17) is 0 Å². The number of benzene rings is 2. The maximum Gasteiger partial charge on any atom is 0.256 e. The van der Waals surface area contributed by atoms with Gasteiger partial charge in [-0.1, -0.05) is 6.07 Å². The highest BCUT2D eigenvalue weighted by Crippen LogP contribution is 2.34. The van der Waals surface area contributed by atoms with Crippen molar-refractivity contribution in [1.82, 2.24) is 20.2 Å². The lowest BCUT2D eigenvalue weighted by atomic mass is 10.1. The van der Waals surface area contributed by atoms with E-state index in [1.807, 2.05) is 0 Å². The van der Waals surface area contributed by atoms with Crippen LogP contribution in [0.15, 0.2) is 72.8 Å². The lowest BCUT2D eigenvalue weighted by molar-refractivity contribution is -0.123. The van der Waals surface area contributed by atoms with Crippen molar-refractivity contribution in [3.05, 3.63) is 101 Å². The van der Waals surface area contributed by atoms with Gasteiger partial charge in [0.15, 0.2) is 17.9 Å². The Kier molecular flexibility index (Phi) is 7.02. The highest BCUT2D eigenvalue weighted by atomic mass is 19.2. The minimum Gasteiger partial charge on any atom is -0.369 e. The van der Waals surface area contributed by atoms with Gasteiger partial charge in [-0.15, -0.1) is 0 Å². The SMILES string of the molecule is O=C(CNC(=O)C1=CC=CN(Cc2ccc(F)c(F)c2)C1O)Nc1ccc2c(c1)/C(=C/c1cnc[nH]1)C(=O)N2. The molecule has 0 bridgehead atoms. The van der Waals surface area contributed by atoms with Gasteiger partial charge in [-0.05, 0) is 54.1 Å². The number of nitrogens with zero attached hydrogens (tertiary/aromatic N) is 2. The van der Waals surface area contributed by atoms with E-state index in [-0.39, 0.29) is 24.6 Å². The predicted molar refractivity (Wildman–Crippen MR) is 138 cm³/mol. The molecule has 1 aromatic heterocycles. The second-order valence-corrected chi connectivity index (χ2v) is 8.77. The van der Waals surface area contributed by atoms with Crippen LogP contribution in [0.1, 0.15) is 16.8 Å². The number of rotatable bonds is 7. The summed E-state index contributed by atoms with van der Waals surface area (Å²) in [4.78, 5) is 45.8. The van der Waals surface area contributed by atoms with E-state index in [0.29, 0.717) is 33.8 Å². The van der Waals surface area contributed by atoms with Crippen LogP contribution in [0.5, 0.6) is 0 Å². The van der Waals surface area contributed by atoms with Gasteiger partial charge in [0, 0.05) is 29.7 Å². The number of allylic oxidation sites excluding steroid dienone is 2. The Morgan fingerprint density at radius 1 is 1.15 bits per heavy atom. The topological polar surface area (TPSA) is 139 Å². The molecule has 0 spiro atoms. The molecule has 12 heteroatoms. The molecule has 0 saturated carbocycles. The van der Waals surface area contributed by atoms with Gasteiger partial charge < -0.3 is 30.9 Å². The van der Waals surface area contributed by atoms with E-state index in [1.54, 1.807) is 30.5 Å². The van der Waals surface area contributed by atoms with Gasteiger partial charge in [0.05, 0.1) is 35.9 Å². The number of aliphatic hydroxyl groups excluding tert-OH is 1. The van der Waals surface area contributed by atoms with Gasteiger partial charge in [-0.2, -0.15) is 0 Å². The average molecular weight is 533 g/mol. The maximum absolute atomic E-state index is 13.5. The molecule has 3 amide bonds. The van der Waals surface area contributed by atoms with Crippen molar-refractivity contribution < 1.29 is 28.3 Å². The fourth-order valence-electron chi connectivity index (χ4n) is 4.16. The van der Waals surface area contributed by atoms with Gasteiger partial charge in [0.25, 0.3) is 11.8 Å². The van der Waals surface area contributed by atoms with Crippen LogP contribution in [0, 0.1) is 11.6 Å². The highest BCUT2D eigenvalue weighted by Gasteiger charge is 2.27. The summed E-state index contributed by atoms with van der Waals surface area (Å²) >= 11 is 0. The monoisotopic (exact) mass is 532 g/mol. The van der Waals surface area contributed by atoms with E-state index in [0.717, 1.165) is 12.1 Å². The number of amides is 3. The van der Waals surface area contributed by atoms with Crippen molar-refractivity contribution in [3.8, 4) is 0 Å². The molecular formula is C27H22F2N6O4. The largest absolute Gasteiger partial charge is 0.369 e. The summed E-state index contributed by atoms with van der Waals surface area (Å²) in [5.74, 6) is -3.49. The number of anilines is 2. The molecule has 1 unspecified atom stereocenters. The van der Waals surface area contributed by atoms with Crippen molar-refractivity contribution in [2.75, 3.05) is 17.2 Å². The second kappa shape index (κ2) is 10.7. The smallest absolute Gasteiger partial charge is 0.256 e. The number of aromatic nitrogens is 2. The van der Waals surface area contributed by atoms with Crippen molar-refractivity contribution in [2.45, 2.75) is 12.8 Å². The summed E-state index contributed by atoms with van der Waals surface area (Å²) in [5.41, 5.74) is 3.02. The molecule has 0 aliphatic carbocycles. The first kappa shape index (κ1) is 25.5. The van der Waals surface area contributed by atoms with Crippen molar-refractivity contribution in [2.24, 2.45) is 0 Å². The molecule has 0 saturated heterocycles. The number of aliphatic hydroxyl groups is 1. The Labute approximate surface area is 220 Å². The zero-order chi connectivity index (χ0) is 27.5. The summed E-state index contributed by atoms with van der Waals surface area (Å²) in [7, 11) is 0. The Morgan fingerprint density at radius 2 is 2.00 bits per heavy atom. The highest BCUT2D eigenvalue weighted by molar-refractivity contribution is 6.35. The quantitative estimate of drug-likeness (QED) is 0.297. The first-order valence-electron chi connectivity index (χ1n) is 11.8. The number of fused-ring (bicyclic) bond motifs is 1. The van der Waals surface area contributed by atoms with E-state index < -0.39 is 29.7 Å². The fraction of sp³-hybridized carbons (Fsp3) is 0.111. The number of imidazole rings is 1. The number of carbonyl (C=O) groups is 3. The van der Waals surface area contributed by atoms with Crippen LogP contribution < -0.4 is 16.0 Å². The Morgan fingerprint density at radius 3 is 2.77 bits per heavy atom. The molecule has 2 aliphatic rings. The zero-order valence-electron chi connectivity index (χ0n) is 20.2. The molecule has 10 nitrogen and oxygen atoms in total. The first-order valence-corrected chi connectivity index (χ1v) is 11.8. The van der Waals surface area contributed by atoms with Crippen LogP contribution in [0.2, 0.25) is 0 Å². The standard InChI is InChI=1S/C27H22F2N6O4/c28-21-5-3-15(8-22(21)29)13-35-7-1-2-18(27(35)39)25(37)31-12-24(36)33-16-4-6-23-19(9-16)20(26(38)34-23)10-17-11-30-14-32-17/h1-11,14,27,39H,12-13H2,(H,30,32)(H,31,37)(H,33,36)(H,34,38)/b20-10-. The molecule has 5 rings (SSSR count). The van der Waals surface area contributed by atoms with Gasteiger partial charge in [0.1, 0.15) is 0 Å². The van der Waals surface area contributed by atoms with Gasteiger partial charge >= 0.3 is 0 Å². The molecule has 0 fully saturated rings. The molecule has 39 heavy (non-hydrogen) atoms. The molecule has 2 aliphatic heterocycles. The first-order chi connectivity index (χ1) is 18.8. The lowest BCUT2D eigenvalue weighted by Gasteiger charge is -2.30. The van der Waals surface area contributed by atoms with Crippen LogP contribution in [0.4, 0.5) is 20.2 Å². The fourth-order valence-corrected chi connectivity index (χ4v) is 4.16. The van der Waals surface area contributed by atoms with Gasteiger partial charge in [0.2, 0.25) is 5.91 Å². The average Bonchev–Trinajstić information content (AvgIpc) is 3.54. The van der Waals surface area contributed by atoms with Crippen LogP contribution in [0.3, 0.4) is 0 Å². The predicted octanol–water partition coefficient (Wildman–Crippen LogP) is 2.51. The number of aromatic amines is 1. The molecular weight excluding hydrogens is 510 g/mol.